The van der Waals surface area contributed by atoms with Crippen molar-refractivity contribution in [1.82, 2.24) is 19.7 Å². The van der Waals surface area contributed by atoms with Crippen LogP contribution in [0.4, 0.5) is 10.8 Å². The highest BCUT2D eigenvalue weighted by Crippen LogP contribution is 2.32. The Morgan fingerprint density at radius 3 is 2.35 bits per heavy atom. The summed E-state index contributed by atoms with van der Waals surface area (Å²) >= 11 is 2.67. The molecule has 0 spiro atoms. The van der Waals surface area contributed by atoms with E-state index in [0.717, 1.165) is 21.7 Å². The number of thiazole rings is 2. The Morgan fingerprint density at radius 1 is 1.03 bits per heavy atom. The minimum absolute atomic E-state index is 0.123. The molecule has 5 rings (SSSR count). The molecular weight excluding hydrogens is 512 g/mol. The molecule has 3 heterocycles. The number of carbonyl (C=O) groups is 1. The van der Waals surface area contributed by atoms with E-state index in [9.17, 15) is 9.59 Å². The first kappa shape index (κ1) is 24.3. The van der Waals surface area contributed by atoms with E-state index in [4.69, 9.17) is 9.84 Å². The fourth-order valence-electron chi connectivity index (χ4n) is 3.49. The maximum absolute atomic E-state index is 13.5. The summed E-state index contributed by atoms with van der Waals surface area (Å²) in [6.07, 6.45) is 0. The summed E-state index contributed by atoms with van der Waals surface area (Å²) in [5.41, 5.74) is 3.30. The van der Waals surface area contributed by atoms with Crippen molar-refractivity contribution < 1.29 is 14.6 Å². The van der Waals surface area contributed by atoms with Crippen LogP contribution in [0.5, 0.6) is 5.75 Å². The Labute approximate surface area is 218 Å². The van der Waals surface area contributed by atoms with Crippen molar-refractivity contribution in [2.75, 3.05) is 7.11 Å². The molecule has 5 aromatic rings. The topological polar surface area (TPSA) is 135 Å². The number of benzene rings is 2. The smallest absolute Gasteiger partial charge is 0.335 e. The number of nitrogens with one attached hydrogen (secondary N) is 1. The average molecular weight is 533 g/mol. The summed E-state index contributed by atoms with van der Waals surface area (Å²) in [7, 11) is 1.58. The van der Waals surface area contributed by atoms with E-state index in [2.05, 4.69) is 25.3 Å². The fraction of sp³-hybridized carbons (Fsp3) is 0.120. The van der Waals surface area contributed by atoms with Gasteiger partial charge in [-0.25, -0.2) is 14.8 Å². The molecule has 0 aliphatic rings. The van der Waals surface area contributed by atoms with Crippen molar-refractivity contribution in [1.29, 1.82) is 0 Å². The van der Waals surface area contributed by atoms with Crippen molar-refractivity contribution in [2.45, 2.75) is 13.8 Å². The molecule has 2 aromatic carbocycles. The number of nitrogens with zero attached hydrogens (tertiary/aromatic N) is 5. The third-order valence-corrected chi connectivity index (χ3v) is 7.39. The first-order chi connectivity index (χ1) is 17.8. The quantitative estimate of drug-likeness (QED) is 0.241. The number of methoxy groups -OCH3 is 1. The second-order valence-corrected chi connectivity index (χ2v) is 9.96. The summed E-state index contributed by atoms with van der Waals surface area (Å²) < 4.78 is 6.58. The number of ether oxygens (including phenoxy) is 1. The van der Waals surface area contributed by atoms with Gasteiger partial charge in [-0.2, -0.15) is 4.68 Å². The largest absolute Gasteiger partial charge is 0.497 e. The fourth-order valence-corrected chi connectivity index (χ4v) is 5.01. The number of hydrogen-bond donors (Lipinski definition) is 2. The first-order valence-corrected chi connectivity index (χ1v) is 12.7. The molecule has 0 amide bonds. The monoisotopic (exact) mass is 532 g/mol. The SMILES string of the molecule is COc1ccc(-c2[nH]n(-c3nc(-c4ccc(C(=O)O)cc4)cs3)c(=O)c2N=Nc2nc(C)c(C)s2)cc1. The molecule has 2 N–H and O–H groups in total. The predicted octanol–water partition coefficient (Wildman–Crippen LogP) is 6.15. The molecular formula is C25H20N6O4S2. The van der Waals surface area contributed by atoms with E-state index in [1.54, 1.807) is 36.8 Å². The van der Waals surface area contributed by atoms with Crippen molar-refractivity contribution >= 4 is 39.5 Å². The maximum Gasteiger partial charge on any atom is 0.335 e. The van der Waals surface area contributed by atoms with Gasteiger partial charge in [0, 0.05) is 21.4 Å². The standard InChI is InChI=1S/C25H20N6O4S2/c1-13-14(2)37-24(26-13)29-28-21-20(16-8-10-18(35-3)11-9-16)30-31(22(21)32)25-27-19(12-36-25)15-4-6-17(7-5-15)23(33)34/h4-12,30H,1-3H3,(H,33,34). The summed E-state index contributed by atoms with van der Waals surface area (Å²) in [4.78, 5) is 34.6. The number of H-pyrrole nitrogens is 1. The van der Waals surface area contributed by atoms with Crippen LogP contribution in [0.25, 0.3) is 27.6 Å². The molecule has 0 saturated heterocycles. The zero-order valence-corrected chi connectivity index (χ0v) is 21.6. The van der Waals surface area contributed by atoms with E-state index < -0.39 is 11.5 Å². The molecule has 0 saturated carbocycles. The number of aromatic amines is 1. The van der Waals surface area contributed by atoms with Crippen LogP contribution in [0.2, 0.25) is 0 Å². The third-order valence-electron chi connectivity index (χ3n) is 5.61. The molecule has 12 heteroatoms. The number of carboxylic acid groups (broad SMARTS) is 1. The van der Waals surface area contributed by atoms with Crippen LogP contribution in [-0.4, -0.2) is 37.9 Å². The van der Waals surface area contributed by atoms with Gasteiger partial charge in [0.15, 0.2) is 5.69 Å². The number of aryl methyl sites for hydroxylation is 2. The molecule has 37 heavy (non-hydrogen) atoms. The second-order valence-electron chi connectivity index (χ2n) is 7.94. The van der Waals surface area contributed by atoms with Gasteiger partial charge < -0.3 is 9.84 Å². The third kappa shape index (κ3) is 4.84. The number of aromatic carboxylic acids is 1. The molecule has 186 valence electrons. The van der Waals surface area contributed by atoms with E-state index >= 15 is 0 Å². The van der Waals surface area contributed by atoms with Gasteiger partial charge >= 0.3 is 11.5 Å². The Balaban J connectivity index is 1.57. The van der Waals surface area contributed by atoms with Crippen molar-refractivity contribution in [3.63, 3.8) is 0 Å². The normalized spacial score (nSPS) is 11.3. The van der Waals surface area contributed by atoms with Gasteiger partial charge in [-0.05, 0) is 50.2 Å². The average Bonchev–Trinajstić information content (AvgIpc) is 3.60. The van der Waals surface area contributed by atoms with Gasteiger partial charge in [-0.3, -0.25) is 9.89 Å². The molecule has 0 aliphatic carbocycles. The molecule has 0 bridgehead atoms. The Bertz CT molecular complexity index is 1660. The van der Waals surface area contributed by atoms with Gasteiger partial charge in [0.1, 0.15) is 5.75 Å². The predicted molar refractivity (Wildman–Crippen MR) is 142 cm³/mol. The highest BCUT2D eigenvalue weighted by molar-refractivity contribution is 7.15. The van der Waals surface area contributed by atoms with Crippen LogP contribution < -0.4 is 10.3 Å². The van der Waals surface area contributed by atoms with Gasteiger partial charge in [-0.1, -0.05) is 23.5 Å². The van der Waals surface area contributed by atoms with Crippen LogP contribution >= 0.6 is 22.7 Å². The van der Waals surface area contributed by atoms with E-state index in [0.29, 0.717) is 27.4 Å². The molecule has 0 aliphatic heterocycles. The van der Waals surface area contributed by atoms with Gasteiger partial charge in [0.2, 0.25) is 10.3 Å². The number of rotatable bonds is 7. The Kier molecular flexibility index (Phi) is 6.51. The van der Waals surface area contributed by atoms with E-state index in [1.807, 2.05) is 26.0 Å². The van der Waals surface area contributed by atoms with E-state index in [1.165, 1.54) is 39.5 Å². The zero-order valence-electron chi connectivity index (χ0n) is 19.9. The van der Waals surface area contributed by atoms with Crippen LogP contribution in [0, 0.1) is 13.8 Å². The lowest BCUT2D eigenvalue weighted by Crippen LogP contribution is -2.13. The second kappa shape index (κ2) is 9.91. The van der Waals surface area contributed by atoms with Gasteiger partial charge in [-0.15, -0.1) is 21.6 Å². The number of hydrogen-bond acceptors (Lipinski definition) is 9. The Hall–Kier alpha value is -4.42. The van der Waals surface area contributed by atoms with Crippen molar-refractivity contribution in [2.24, 2.45) is 10.2 Å². The molecule has 3 aromatic heterocycles. The Morgan fingerprint density at radius 2 is 1.73 bits per heavy atom. The number of aromatic nitrogens is 4. The number of carboxylic acids is 1. The summed E-state index contributed by atoms with van der Waals surface area (Å²) in [5.74, 6) is -0.319. The first-order valence-electron chi connectivity index (χ1n) is 11.0. The van der Waals surface area contributed by atoms with Crippen LogP contribution in [0.1, 0.15) is 20.9 Å². The van der Waals surface area contributed by atoms with Crippen LogP contribution in [-0.2, 0) is 0 Å². The maximum atomic E-state index is 13.5. The lowest BCUT2D eigenvalue weighted by atomic mass is 10.1. The minimum atomic E-state index is -1.00. The van der Waals surface area contributed by atoms with Crippen molar-refractivity contribution in [3.05, 3.63) is 80.4 Å². The zero-order chi connectivity index (χ0) is 26.1. The van der Waals surface area contributed by atoms with E-state index in [-0.39, 0.29) is 11.3 Å². The number of azo groups is 1. The summed E-state index contributed by atoms with van der Waals surface area (Å²) in [6.45, 7) is 3.85. The van der Waals surface area contributed by atoms with Crippen LogP contribution in [0.3, 0.4) is 0 Å². The molecule has 0 fully saturated rings. The minimum Gasteiger partial charge on any atom is -0.497 e. The summed E-state index contributed by atoms with van der Waals surface area (Å²) in [5, 5.41) is 23.4. The highest BCUT2D eigenvalue weighted by atomic mass is 32.1. The molecule has 0 atom stereocenters. The molecule has 10 nitrogen and oxygen atoms in total. The highest BCUT2D eigenvalue weighted by Gasteiger charge is 2.20. The van der Waals surface area contributed by atoms with Gasteiger partial charge in [0.25, 0.3) is 0 Å². The van der Waals surface area contributed by atoms with Crippen molar-refractivity contribution in [3.8, 4) is 33.4 Å². The van der Waals surface area contributed by atoms with Crippen LogP contribution in [0.15, 0.2) is 68.9 Å². The van der Waals surface area contributed by atoms with Gasteiger partial charge in [0.05, 0.1) is 29.8 Å². The lowest BCUT2D eigenvalue weighted by molar-refractivity contribution is 0.0697. The molecule has 0 unspecified atom stereocenters. The lowest BCUT2D eigenvalue weighted by Gasteiger charge is -2.02. The summed E-state index contributed by atoms with van der Waals surface area (Å²) in [6, 6.07) is 13.6. The molecule has 0 radical (unpaired) electrons.